The molecule has 0 saturated carbocycles. The molecule has 1 amide bonds. The summed E-state index contributed by atoms with van der Waals surface area (Å²) < 4.78 is 0. The van der Waals surface area contributed by atoms with Crippen molar-refractivity contribution in [2.45, 2.75) is 19.8 Å². The predicted molar refractivity (Wildman–Crippen MR) is 90.9 cm³/mol. The summed E-state index contributed by atoms with van der Waals surface area (Å²) >= 11 is 0. The van der Waals surface area contributed by atoms with Gasteiger partial charge in [0.1, 0.15) is 5.69 Å². The maximum absolute atomic E-state index is 12.2. The highest BCUT2D eigenvalue weighted by atomic mass is 16.6. The quantitative estimate of drug-likeness (QED) is 0.458. The Bertz CT molecular complexity index is 687. The third-order valence-electron chi connectivity index (χ3n) is 3.33. The average Bonchev–Trinajstić information content (AvgIpc) is 2.56. The maximum atomic E-state index is 12.2. The summed E-state index contributed by atoms with van der Waals surface area (Å²) in [5, 5.41) is 17.0. The number of anilines is 2. The van der Waals surface area contributed by atoms with Gasteiger partial charge in [0.15, 0.2) is 0 Å². The monoisotopic (exact) mass is 313 g/mol. The minimum atomic E-state index is -0.479. The minimum absolute atomic E-state index is 0.0955. The van der Waals surface area contributed by atoms with Crippen LogP contribution in [-0.4, -0.2) is 17.4 Å². The molecule has 0 heterocycles. The number of hydrogen-bond donors (Lipinski definition) is 2. The number of nitrogens with zero attached hydrogens (tertiary/aromatic N) is 1. The van der Waals surface area contributed by atoms with E-state index in [0.717, 1.165) is 12.8 Å². The number of nitro groups is 1. The van der Waals surface area contributed by atoms with Gasteiger partial charge in [0, 0.05) is 23.9 Å². The molecule has 0 fully saturated rings. The molecule has 0 atom stereocenters. The Labute approximate surface area is 134 Å². The molecule has 2 N–H and O–H groups in total. The van der Waals surface area contributed by atoms with Crippen LogP contribution in [0.25, 0.3) is 0 Å². The van der Waals surface area contributed by atoms with Crippen LogP contribution in [0.2, 0.25) is 0 Å². The average molecular weight is 313 g/mol. The summed E-state index contributed by atoms with van der Waals surface area (Å²) in [6, 6.07) is 13.4. The Balaban J connectivity index is 2.18. The number of carbonyl (C=O) groups is 1. The first-order valence-electron chi connectivity index (χ1n) is 7.50. The predicted octanol–water partition coefficient (Wildman–Crippen LogP) is 4.06. The molecule has 6 heteroatoms. The first kappa shape index (κ1) is 16.5. The summed E-state index contributed by atoms with van der Waals surface area (Å²) in [4.78, 5) is 22.9. The number of benzene rings is 2. The first-order valence-corrected chi connectivity index (χ1v) is 7.50. The minimum Gasteiger partial charge on any atom is -0.379 e. The highest BCUT2D eigenvalue weighted by Gasteiger charge is 2.17. The molecule has 0 unspecified atom stereocenters. The van der Waals surface area contributed by atoms with Crippen molar-refractivity contribution in [3.63, 3.8) is 0 Å². The molecule has 0 bridgehead atoms. The number of para-hydroxylation sites is 1. The zero-order valence-electron chi connectivity index (χ0n) is 12.9. The van der Waals surface area contributed by atoms with Crippen molar-refractivity contribution in [2.75, 3.05) is 17.2 Å². The molecule has 0 aliphatic heterocycles. The summed E-state index contributed by atoms with van der Waals surface area (Å²) in [6.07, 6.45) is 1.92. The van der Waals surface area contributed by atoms with Crippen molar-refractivity contribution in [1.29, 1.82) is 0 Å². The second-order valence-electron chi connectivity index (χ2n) is 5.09. The van der Waals surface area contributed by atoms with Gasteiger partial charge in [-0.25, -0.2) is 0 Å². The SMILES string of the molecule is CCCCNc1ccc(C(=O)Nc2ccccc2)cc1[N+](=O)[O-]. The lowest BCUT2D eigenvalue weighted by Crippen LogP contribution is -2.13. The molecule has 0 aromatic heterocycles. The van der Waals surface area contributed by atoms with Crippen molar-refractivity contribution < 1.29 is 9.72 Å². The van der Waals surface area contributed by atoms with Crippen LogP contribution in [0, 0.1) is 10.1 Å². The Kier molecular flexibility index (Phi) is 5.68. The Morgan fingerprint density at radius 1 is 1.17 bits per heavy atom. The maximum Gasteiger partial charge on any atom is 0.293 e. The lowest BCUT2D eigenvalue weighted by atomic mass is 10.1. The van der Waals surface area contributed by atoms with Crippen molar-refractivity contribution in [1.82, 2.24) is 0 Å². The molecular weight excluding hydrogens is 294 g/mol. The van der Waals surface area contributed by atoms with Gasteiger partial charge in [0.2, 0.25) is 0 Å². The van der Waals surface area contributed by atoms with Crippen molar-refractivity contribution in [2.24, 2.45) is 0 Å². The fraction of sp³-hybridized carbons (Fsp3) is 0.235. The van der Waals surface area contributed by atoms with Gasteiger partial charge in [-0.2, -0.15) is 0 Å². The van der Waals surface area contributed by atoms with E-state index in [2.05, 4.69) is 10.6 Å². The molecule has 120 valence electrons. The Morgan fingerprint density at radius 2 is 1.91 bits per heavy atom. The van der Waals surface area contributed by atoms with Gasteiger partial charge in [-0.15, -0.1) is 0 Å². The van der Waals surface area contributed by atoms with Gasteiger partial charge < -0.3 is 10.6 Å². The standard InChI is InChI=1S/C17H19N3O3/c1-2-3-11-18-15-10-9-13(12-16(15)20(22)23)17(21)19-14-7-5-4-6-8-14/h4-10,12,18H,2-3,11H2,1H3,(H,19,21). The van der Waals surface area contributed by atoms with E-state index in [1.807, 2.05) is 13.0 Å². The normalized spacial score (nSPS) is 10.1. The number of rotatable bonds is 7. The number of unbranched alkanes of at least 4 members (excludes halogenated alkanes) is 1. The Hall–Kier alpha value is -2.89. The van der Waals surface area contributed by atoms with E-state index < -0.39 is 4.92 Å². The van der Waals surface area contributed by atoms with Crippen LogP contribution >= 0.6 is 0 Å². The fourth-order valence-electron chi connectivity index (χ4n) is 2.10. The molecular formula is C17H19N3O3. The van der Waals surface area contributed by atoms with Crippen LogP contribution < -0.4 is 10.6 Å². The second kappa shape index (κ2) is 7.93. The lowest BCUT2D eigenvalue weighted by Gasteiger charge is -2.09. The van der Waals surface area contributed by atoms with Gasteiger partial charge in [-0.05, 0) is 30.7 Å². The highest BCUT2D eigenvalue weighted by Crippen LogP contribution is 2.26. The van der Waals surface area contributed by atoms with Gasteiger partial charge in [-0.3, -0.25) is 14.9 Å². The zero-order chi connectivity index (χ0) is 16.7. The van der Waals surface area contributed by atoms with Crippen LogP contribution in [0.4, 0.5) is 17.1 Å². The smallest absolute Gasteiger partial charge is 0.293 e. The van der Waals surface area contributed by atoms with Crippen molar-refractivity contribution >= 4 is 23.0 Å². The van der Waals surface area contributed by atoms with Crippen molar-refractivity contribution in [3.8, 4) is 0 Å². The number of carbonyl (C=O) groups excluding carboxylic acids is 1. The van der Waals surface area contributed by atoms with E-state index in [1.54, 1.807) is 36.4 Å². The summed E-state index contributed by atoms with van der Waals surface area (Å²) in [6.45, 7) is 2.71. The van der Waals surface area contributed by atoms with E-state index in [9.17, 15) is 14.9 Å². The molecule has 0 radical (unpaired) electrons. The number of hydrogen-bond acceptors (Lipinski definition) is 4. The molecule has 23 heavy (non-hydrogen) atoms. The van der Waals surface area contributed by atoms with Gasteiger partial charge >= 0.3 is 0 Å². The molecule has 0 aliphatic rings. The van der Waals surface area contributed by atoms with E-state index in [-0.39, 0.29) is 17.2 Å². The number of nitrogens with one attached hydrogen (secondary N) is 2. The summed E-state index contributed by atoms with van der Waals surface area (Å²) in [5.41, 5.74) is 1.23. The van der Waals surface area contributed by atoms with Gasteiger partial charge in [-0.1, -0.05) is 31.5 Å². The molecule has 0 aliphatic carbocycles. The van der Waals surface area contributed by atoms with Crippen molar-refractivity contribution in [3.05, 3.63) is 64.2 Å². The second-order valence-corrected chi connectivity index (χ2v) is 5.09. The molecule has 2 aromatic carbocycles. The highest BCUT2D eigenvalue weighted by molar-refractivity contribution is 6.05. The molecule has 2 aromatic rings. The molecule has 6 nitrogen and oxygen atoms in total. The number of nitro benzene ring substituents is 1. The van der Waals surface area contributed by atoms with Gasteiger partial charge in [0.05, 0.1) is 4.92 Å². The lowest BCUT2D eigenvalue weighted by molar-refractivity contribution is -0.384. The molecule has 0 saturated heterocycles. The number of amides is 1. The third kappa shape index (κ3) is 4.54. The van der Waals surface area contributed by atoms with Gasteiger partial charge in [0.25, 0.3) is 11.6 Å². The first-order chi connectivity index (χ1) is 11.1. The Morgan fingerprint density at radius 3 is 2.57 bits per heavy atom. The van der Waals surface area contributed by atoms with E-state index in [0.29, 0.717) is 17.9 Å². The van der Waals surface area contributed by atoms with Crippen LogP contribution in [0.15, 0.2) is 48.5 Å². The third-order valence-corrected chi connectivity index (χ3v) is 3.33. The molecule has 2 rings (SSSR count). The molecule has 0 spiro atoms. The summed E-state index contributed by atoms with van der Waals surface area (Å²) in [5.74, 6) is -0.376. The van der Waals surface area contributed by atoms with Crippen LogP contribution in [0.5, 0.6) is 0 Å². The summed E-state index contributed by atoms with van der Waals surface area (Å²) in [7, 11) is 0. The van der Waals surface area contributed by atoms with E-state index in [4.69, 9.17) is 0 Å². The van der Waals surface area contributed by atoms with Crippen LogP contribution in [-0.2, 0) is 0 Å². The van der Waals surface area contributed by atoms with Crippen LogP contribution in [0.3, 0.4) is 0 Å². The fourth-order valence-corrected chi connectivity index (χ4v) is 2.10. The van der Waals surface area contributed by atoms with Crippen LogP contribution in [0.1, 0.15) is 30.1 Å². The largest absolute Gasteiger partial charge is 0.379 e. The zero-order valence-corrected chi connectivity index (χ0v) is 12.9. The topological polar surface area (TPSA) is 84.3 Å². The van der Waals surface area contributed by atoms with E-state index in [1.165, 1.54) is 6.07 Å². The van der Waals surface area contributed by atoms with E-state index >= 15 is 0 Å².